The molecule has 14 heavy (non-hydrogen) atoms. The summed E-state index contributed by atoms with van der Waals surface area (Å²) in [5.74, 6) is 0.769. The second kappa shape index (κ2) is 4.47. The average molecular weight is 193 g/mol. The Bertz CT molecular complexity index is 320. The number of phenolic OH excluding ortho intramolecular Hbond substituents is 1. The second-order valence-electron chi connectivity index (χ2n) is 3.92. The first kappa shape index (κ1) is 11.1. The van der Waals surface area contributed by atoms with Crippen LogP contribution in [-0.2, 0) is 0 Å². The van der Waals surface area contributed by atoms with E-state index in [1.54, 1.807) is 0 Å². The van der Waals surface area contributed by atoms with Crippen molar-refractivity contribution in [1.29, 1.82) is 0 Å². The predicted molar refractivity (Wildman–Crippen MR) is 59.7 cm³/mol. The van der Waals surface area contributed by atoms with Crippen LogP contribution in [0.25, 0.3) is 0 Å². The zero-order valence-electron chi connectivity index (χ0n) is 9.17. The van der Waals surface area contributed by atoms with Crippen molar-refractivity contribution in [2.45, 2.75) is 33.1 Å². The number of hydrogen-bond donors (Lipinski definition) is 2. The molecule has 0 bridgehead atoms. The molecule has 0 saturated carbocycles. The van der Waals surface area contributed by atoms with E-state index in [1.165, 1.54) is 0 Å². The van der Waals surface area contributed by atoms with Gasteiger partial charge in [0.25, 0.3) is 0 Å². The molecule has 0 aliphatic rings. The summed E-state index contributed by atoms with van der Waals surface area (Å²) in [5.41, 5.74) is 8.62. The van der Waals surface area contributed by atoms with E-state index in [-0.39, 0.29) is 0 Å². The van der Waals surface area contributed by atoms with Crippen molar-refractivity contribution < 1.29 is 5.11 Å². The average Bonchev–Trinajstić information content (AvgIpc) is 2.15. The third-order valence-electron chi connectivity index (χ3n) is 2.86. The van der Waals surface area contributed by atoms with Crippen molar-refractivity contribution >= 4 is 0 Å². The molecule has 1 unspecified atom stereocenters. The Labute approximate surface area is 85.8 Å². The van der Waals surface area contributed by atoms with Gasteiger partial charge < -0.3 is 10.8 Å². The molecule has 0 fully saturated rings. The summed E-state index contributed by atoms with van der Waals surface area (Å²) >= 11 is 0. The first-order valence-electron chi connectivity index (χ1n) is 5.07. The third-order valence-corrected chi connectivity index (χ3v) is 2.86. The molecule has 0 amide bonds. The molecule has 2 nitrogen and oxygen atoms in total. The lowest BCUT2D eigenvalue weighted by Gasteiger charge is -2.15. The number of phenols is 1. The van der Waals surface area contributed by atoms with E-state index in [9.17, 15) is 5.11 Å². The molecule has 0 saturated heterocycles. The Hall–Kier alpha value is -1.02. The number of aromatic hydroxyl groups is 1. The lowest BCUT2D eigenvalue weighted by Crippen LogP contribution is -2.05. The summed E-state index contributed by atoms with van der Waals surface area (Å²) in [6, 6.07) is 4.05. The van der Waals surface area contributed by atoms with Gasteiger partial charge in [0.05, 0.1) is 0 Å². The number of rotatable bonds is 3. The molecule has 0 aromatic heterocycles. The molecule has 0 spiro atoms. The van der Waals surface area contributed by atoms with Crippen LogP contribution in [0.2, 0.25) is 0 Å². The van der Waals surface area contributed by atoms with Crippen LogP contribution >= 0.6 is 0 Å². The second-order valence-corrected chi connectivity index (χ2v) is 3.92. The van der Waals surface area contributed by atoms with Crippen molar-refractivity contribution in [2.24, 2.45) is 5.73 Å². The maximum Gasteiger partial charge on any atom is 0.122 e. The van der Waals surface area contributed by atoms with Gasteiger partial charge >= 0.3 is 0 Å². The summed E-state index contributed by atoms with van der Waals surface area (Å²) < 4.78 is 0. The fraction of sp³-hybridized carbons (Fsp3) is 0.500. The van der Waals surface area contributed by atoms with Gasteiger partial charge in [-0.15, -0.1) is 0 Å². The van der Waals surface area contributed by atoms with Crippen LogP contribution in [0.1, 0.15) is 36.0 Å². The minimum atomic E-state index is 0.333. The molecular formula is C12H19NO. The number of benzene rings is 1. The van der Waals surface area contributed by atoms with Crippen LogP contribution in [-0.4, -0.2) is 11.7 Å². The molecule has 0 aliphatic heterocycles. The minimum Gasteiger partial charge on any atom is -0.507 e. The number of aryl methyl sites for hydroxylation is 1. The molecule has 1 rings (SSSR count). The van der Waals surface area contributed by atoms with Crippen LogP contribution in [0.4, 0.5) is 0 Å². The minimum absolute atomic E-state index is 0.333. The van der Waals surface area contributed by atoms with Gasteiger partial charge in [0.2, 0.25) is 0 Å². The maximum atomic E-state index is 9.93. The molecule has 1 aromatic carbocycles. The Morgan fingerprint density at radius 2 is 2.00 bits per heavy atom. The molecule has 1 atom stereocenters. The number of nitrogens with two attached hydrogens (primary N) is 1. The zero-order chi connectivity index (χ0) is 10.7. The summed E-state index contributed by atoms with van der Waals surface area (Å²) in [6.07, 6.45) is 0.913. The molecule has 78 valence electrons. The highest BCUT2D eigenvalue weighted by molar-refractivity contribution is 5.45. The van der Waals surface area contributed by atoms with Gasteiger partial charge in [-0.2, -0.15) is 0 Å². The van der Waals surface area contributed by atoms with E-state index in [2.05, 4.69) is 13.0 Å². The molecule has 3 N–H and O–H groups in total. The van der Waals surface area contributed by atoms with E-state index in [4.69, 9.17) is 5.73 Å². The van der Waals surface area contributed by atoms with Crippen LogP contribution in [0.15, 0.2) is 12.1 Å². The molecule has 0 heterocycles. The monoisotopic (exact) mass is 193 g/mol. The largest absolute Gasteiger partial charge is 0.507 e. The van der Waals surface area contributed by atoms with Crippen molar-refractivity contribution in [3.05, 3.63) is 28.8 Å². The van der Waals surface area contributed by atoms with Crippen LogP contribution in [0.3, 0.4) is 0 Å². The van der Waals surface area contributed by atoms with E-state index < -0.39 is 0 Å². The van der Waals surface area contributed by atoms with E-state index in [1.807, 2.05) is 19.9 Å². The fourth-order valence-corrected chi connectivity index (χ4v) is 1.63. The lowest BCUT2D eigenvalue weighted by molar-refractivity contribution is 0.456. The molecule has 0 radical (unpaired) electrons. The highest BCUT2D eigenvalue weighted by atomic mass is 16.3. The molecular weight excluding hydrogens is 174 g/mol. The summed E-state index contributed by atoms with van der Waals surface area (Å²) in [4.78, 5) is 0. The quantitative estimate of drug-likeness (QED) is 0.774. The zero-order valence-corrected chi connectivity index (χ0v) is 9.17. The Morgan fingerprint density at radius 1 is 1.36 bits per heavy atom. The lowest BCUT2D eigenvalue weighted by atomic mass is 9.93. The van der Waals surface area contributed by atoms with Crippen molar-refractivity contribution in [3.63, 3.8) is 0 Å². The normalized spacial score (nSPS) is 12.9. The standard InChI is InChI=1S/C12H19NO/c1-8-4-5-11(9(2)6-7-13)12(14)10(8)3/h4-5,9,14H,6-7,13H2,1-3H3. The van der Waals surface area contributed by atoms with Crippen molar-refractivity contribution in [3.8, 4) is 5.75 Å². The van der Waals surface area contributed by atoms with E-state index >= 15 is 0 Å². The van der Waals surface area contributed by atoms with Gasteiger partial charge in [-0.05, 0) is 49.4 Å². The molecule has 0 aliphatic carbocycles. The Kier molecular flexibility index (Phi) is 3.53. The predicted octanol–water partition coefficient (Wildman–Crippen LogP) is 2.46. The summed E-state index contributed by atoms with van der Waals surface area (Å²) in [6.45, 7) is 6.71. The first-order chi connectivity index (χ1) is 6.57. The van der Waals surface area contributed by atoms with Gasteiger partial charge in [-0.3, -0.25) is 0 Å². The SMILES string of the molecule is Cc1ccc(C(C)CCN)c(O)c1C. The van der Waals surface area contributed by atoms with Crippen LogP contribution in [0.5, 0.6) is 5.75 Å². The summed E-state index contributed by atoms with van der Waals surface area (Å²) in [7, 11) is 0. The van der Waals surface area contributed by atoms with Gasteiger partial charge in [-0.1, -0.05) is 19.1 Å². The van der Waals surface area contributed by atoms with Gasteiger partial charge in [0.15, 0.2) is 0 Å². The van der Waals surface area contributed by atoms with E-state index in [0.29, 0.717) is 18.2 Å². The van der Waals surface area contributed by atoms with E-state index in [0.717, 1.165) is 23.1 Å². The van der Waals surface area contributed by atoms with Crippen LogP contribution in [0, 0.1) is 13.8 Å². The first-order valence-corrected chi connectivity index (χ1v) is 5.07. The summed E-state index contributed by atoms with van der Waals surface area (Å²) in [5, 5.41) is 9.93. The van der Waals surface area contributed by atoms with Crippen molar-refractivity contribution in [1.82, 2.24) is 0 Å². The van der Waals surface area contributed by atoms with Crippen molar-refractivity contribution in [2.75, 3.05) is 6.54 Å². The van der Waals surface area contributed by atoms with Gasteiger partial charge in [0.1, 0.15) is 5.75 Å². The highest BCUT2D eigenvalue weighted by Gasteiger charge is 2.12. The maximum absolute atomic E-state index is 9.93. The topological polar surface area (TPSA) is 46.2 Å². The Balaban J connectivity index is 3.04. The number of hydrogen-bond acceptors (Lipinski definition) is 2. The molecule has 1 aromatic rings. The smallest absolute Gasteiger partial charge is 0.122 e. The van der Waals surface area contributed by atoms with Gasteiger partial charge in [0, 0.05) is 0 Å². The van der Waals surface area contributed by atoms with Gasteiger partial charge in [-0.25, -0.2) is 0 Å². The third kappa shape index (κ3) is 2.07. The fourth-order valence-electron chi connectivity index (χ4n) is 1.63. The van der Waals surface area contributed by atoms with Crippen LogP contribution < -0.4 is 5.73 Å². The molecule has 2 heteroatoms. The Morgan fingerprint density at radius 3 is 2.57 bits per heavy atom. The highest BCUT2D eigenvalue weighted by Crippen LogP contribution is 2.31.